The van der Waals surface area contributed by atoms with Crippen molar-refractivity contribution in [2.45, 2.75) is 59.0 Å². The average molecular weight is 169 g/mol. The van der Waals surface area contributed by atoms with E-state index in [1.165, 1.54) is 12.8 Å². The van der Waals surface area contributed by atoms with Crippen LogP contribution in [0.3, 0.4) is 0 Å². The van der Waals surface area contributed by atoms with Gasteiger partial charge in [0.1, 0.15) is 0 Å². The van der Waals surface area contributed by atoms with Crippen LogP contribution in [0, 0.1) is 5.41 Å². The number of hydrogen-bond acceptors (Lipinski definition) is 1. The highest BCUT2D eigenvalue weighted by molar-refractivity contribution is 4.97. The lowest BCUT2D eigenvalue weighted by Gasteiger charge is -2.46. The van der Waals surface area contributed by atoms with Crippen LogP contribution in [0.1, 0.15) is 47.5 Å². The molecule has 1 heteroatoms. The van der Waals surface area contributed by atoms with E-state index in [1.54, 1.807) is 0 Å². The van der Waals surface area contributed by atoms with Gasteiger partial charge in [-0.2, -0.15) is 0 Å². The fourth-order valence-corrected chi connectivity index (χ4v) is 1.45. The van der Waals surface area contributed by atoms with Crippen LogP contribution in [0.25, 0.3) is 0 Å². The van der Waals surface area contributed by atoms with E-state index in [0.29, 0.717) is 11.0 Å². The molecule has 72 valence electrons. The number of nitrogens with zero attached hydrogens (tertiary/aromatic N) is 1. The Kier molecular flexibility index (Phi) is 2.28. The lowest BCUT2D eigenvalue weighted by atomic mass is 9.75. The lowest BCUT2D eigenvalue weighted by molar-refractivity contribution is 0.0371. The van der Waals surface area contributed by atoms with Crippen LogP contribution in [0.2, 0.25) is 0 Å². The molecule has 0 spiro atoms. The molecule has 0 atom stereocenters. The summed E-state index contributed by atoms with van der Waals surface area (Å²) in [6.07, 6.45) is 2.80. The molecule has 0 bridgehead atoms. The first-order valence-corrected chi connectivity index (χ1v) is 5.00. The highest BCUT2D eigenvalue weighted by Gasteiger charge is 2.42. The van der Waals surface area contributed by atoms with Gasteiger partial charge in [0.05, 0.1) is 0 Å². The zero-order valence-corrected chi connectivity index (χ0v) is 9.44. The van der Waals surface area contributed by atoms with Crippen molar-refractivity contribution in [1.82, 2.24) is 4.90 Å². The van der Waals surface area contributed by atoms with Gasteiger partial charge in [-0.3, -0.25) is 4.90 Å². The van der Waals surface area contributed by atoms with E-state index in [9.17, 15) is 0 Å². The highest BCUT2D eigenvalue weighted by atomic mass is 15.2. The minimum atomic E-state index is 0.314. The molecule has 0 heterocycles. The second kappa shape index (κ2) is 2.73. The van der Waals surface area contributed by atoms with Gasteiger partial charge in [0.25, 0.3) is 0 Å². The molecule has 0 N–H and O–H groups in total. The van der Waals surface area contributed by atoms with Gasteiger partial charge in [-0.25, -0.2) is 0 Å². The summed E-state index contributed by atoms with van der Waals surface area (Å²) in [6.45, 7) is 11.7. The average Bonchev–Trinajstić information content (AvgIpc) is 2.64. The fourth-order valence-electron chi connectivity index (χ4n) is 1.45. The van der Waals surface area contributed by atoms with E-state index in [0.717, 1.165) is 6.04 Å². The fraction of sp³-hybridized carbons (Fsp3) is 1.00. The van der Waals surface area contributed by atoms with Crippen LogP contribution in [0.5, 0.6) is 0 Å². The van der Waals surface area contributed by atoms with Gasteiger partial charge in [-0.05, 0) is 39.2 Å². The van der Waals surface area contributed by atoms with Gasteiger partial charge in [0, 0.05) is 11.6 Å². The quantitative estimate of drug-likeness (QED) is 0.614. The van der Waals surface area contributed by atoms with Gasteiger partial charge in [-0.15, -0.1) is 0 Å². The first-order chi connectivity index (χ1) is 5.27. The van der Waals surface area contributed by atoms with Crippen molar-refractivity contribution in [3.63, 3.8) is 0 Å². The molecular weight excluding hydrogens is 146 g/mol. The van der Waals surface area contributed by atoms with E-state index in [2.05, 4.69) is 46.6 Å². The molecule has 12 heavy (non-hydrogen) atoms. The number of rotatable bonds is 2. The van der Waals surface area contributed by atoms with Gasteiger partial charge >= 0.3 is 0 Å². The zero-order chi connectivity index (χ0) is 9.57. The molecule has 0 aromatic rings. The monoisotopic (exact) mass is 169 g/mol. The van der Waals surface area contributed by atoms with Crippen molar-refractivity contribution in [3.8, 4) is 0 Å². The Morgan fingerprint density at radius 2 is 1.42 bits per heavy atom. The molecule has 1 rings (SSSR count). The Morgan fingerprint density at radius 3 is 1.67 bits per heavy atom. The Bertz CT molecular complexity index is 160. The molecular formula is C11H23N. The standard InChI is InChI=1S/C11H23N/c1-10(2,3)11(4,5)12(6)9-7-8-9/h9H,7-8H2,1-6H3. The maximum atomic E-state index is 2.55. The predicted octanol–water partition coefficient (Wildman–Crippen LogP) is 2.91. The van der Waals surface area contributed by atoms with Crippen LogP contribution in [0.15, 0.2) is 0 Å². The molecule has 0 aromatic carbocycles. The van der Waals surface area contributed by atoms with Crippen molar-refractivity contribution in [2.75, 3.05) is 7.05 Å². The SMILES string of the molecule is CN(C1CC1)C(C)(C)C(C)(C)C. The second-order valence-electron chi connectivity index (χ2n) is 5.65. The predicted molar refractivity (Wildman–Crippen MR) is 54.3 cm³/mol. The summed E-state index contributed by atoms with van der Waals surface area (Å²) in [5.41, 5.74) is 0.679. The minimum absolute atomic E-state index is 0.314. The maximum Gasteiger partial charge on any atom is 0.0201 e. The smallest absolute Gasteiger partial charge is 0.0201 e. The summed E-state index contributed by atoms with van der Waals surface area (Å²) in [7, 11) is 2.27. The largest absolute Gasteiger partial charge is 0.298 e. The molecule has 1 nitrogen and oxygen atoms in total. The molecule has 0 amide bonds. The second-order valence-corrected chi connectivity index (χ2v) is 5.65. The van der Waals surface area contributed by atoms with E-state index >= 15 is 0 Å². The topological polar surface area (TPSA) is 3.24 Å². The highest BCUT2D eigenvalue weighted by Crippen LogP contribution is 2.40. The van der Waals surface area contributed by atoms with Crippen molar-refractivity contribution >= 4 is 0 Å². The van der Waals surface area contributed by atoms with Crippen molar-refractivity contribution in [2.24, 2.45) is 5.41 Å². The summed E-state index contributed by atoms with van der Waals surface area (Å²) >= 11 is 0. The van der Waals surface area contributed by atoms with Crippen LogP contribution >= 0.6 is 0 Å². The first kappa shape index (κ1) is 10.0. The Labute approximate surface area is 77.1 Å². The van der Waals surface area contributed by atoms with Gasteiger partial charge in [0.15, 0.2) is 0 Å². The summed E-state index contributed by atoms with van der Waals surface area (Å²) < 4.78 is 0. The van der Waals surface area contributed by atoms with Crippen LogP contribution < -0.4 is 0 Å². The van der Waals surface area contributed by atoms with Crippen LogP contribution in [0.4, 0.5) is 0 Å². The van der Waals surface area contributed by atoms with E-state index in [1.807, 2.05) is 0 Å². The third kappa shape index (κ3) is 1.66. The van der Waals surface area contributed by atoms with Crippen molar-refractivity contribution in [3.05, 3.63) is 0 Å². The van der Waals surface area contributed by atoms with Crippen LogP contribution in [-0.4, -0.2) is 23.5 Å². The normalized spacial score (nSPS) is 20.2. The Balaban J connectivity index is 2.68. The van der Waals surface area contributed by atoms with E-state index < -0.39 is 0 Å². The van der Waals surface area contributed by atoms with Crippen LogP contribution in [-0.2, 0) is 0 Å². The molecule has 1 aliphatic carbocycles. The molecule has 0 radical (unpaired) electrons. The van der Waals surface area contributed by atoms with Gasteiger partial charge in [0.2, 0.25) is 0 Å². The Morgan fingerprint density at radius 1 is 1.00 bits per heavy atom. The summed E-state index contributed by atoms with van der Waals surface area (Å²) in [5.74, 6) is 0. The van der Waals surface area contributed by atoms with Crippen molar-refractivity contribution in [1.29, 1.82) is 0 Å². The van der Waals surface area contributed by atoms with Crippen molar-refractivity contribution < 1.29 is 0 Å². The molecule has 1 aliphatic rings. The maximum absolute atomic E-state index is 2.55. The Hall–Kier alpha value is -0.0400. The number of hydrogen-bond donors (Lipinski definition) is 0. The molecule has 1 saturated carbocycles. The third-order valence-electron chi connectivity index (χ3n) is 3.81. The summed E-state index contributed by atoms with van der Waals surface area (Å²) in [5, 5.41) is 0. The third-order valence-corrected chi connectivity index (χ3v) is 3.81. The molecule has 0 saturated heterocycles. The molecule has 0 aromatic heterocycles. The minimum Gasteiger partial charge on any atom is -0.298 e. The zero-order valence-electron chi connectivity index (χ0n) is 9.44. The van der Waals surface area contributed by atoms with E-state index in [-0.39, 0.29) is 0 Å². The first-order valence-electron chi connectivity index (χ1n) is 5.00. The van der Waals surface area contributed by atoms with E-state index in [4.69, 9.17) is 0 Å². The van der Waals surface area contributed by atoms with Gasteiger partial charge < -0.3 is 0 Å². The lowest BCUT2D eigenvalue weighted by Crippen LogP contribution is -2.51. The summed E-state index contributed by atoms with van der Waals surface area (Å²) in [6, 6.07) is 0.860. The van der Waals surface area contributed by atoms with Gasteiger partial charge in [-0.1, -0.05) is 20.8 Å². The molecule has 0 unspecified atom stereocenters. The molecule has 0 aliphatic heterocycles. The summed E-state index contributed by atoms with van der Waals surface area (Å²) in [4.78, 5) is 2.55. The molecule has 1 fully saturated rings.